The zero-order chi connectivity index (χ0) is 21.0. The summed E-state index contributed by atoms with van der Waals surface area (Å²) < 4.78 is 10.8. The van der Waals surface area contributed by atoms with Gasteiger partial charge in [-0.1, -0.05) is 12.1 Å². The second kappa shape index (κ2) is 12.2. The van der Waals surface area contributed by atoms with Gasteiger partial charge in [-0.2, -0.15) is 0 Å². The van der Waals surface area contributed by atoms with Crippen LogP contribution in [0.25, 0.3) is 0 Å². The zero-order valence-corrected chi connectivity index (χ0v) is 18.2. The first-order valence-corrected chi connectivity index (χ1v) is 9.76. The maximum atomic E-state index is 12.2. The van der Waals surface area contributed by atoms with Crippen molar-refractivity contribution < 1.29 is 14.3 Å². The van der Waals surface area contributed by atoms with Crippen molar-refractivity contribution in [3.8, 4) is 5.75 Å². The third kappa shape index (κ3) is 10.2. The van der Waals surface area contributed by atoms with Gasteiger partial charge < -0.3 is 25.0 Å². The van der Waals surface area contributed by atoms with Crippen LogP contribution < -0.4 is 15.4 Å². The molecule has 0 saturated heterocycles. The van der Waals surface area contributed by atoms with Crippen LogP contribution in [0, 0.1) is 0 Å². The van der Waals surface area contributed by atoms with Crippen molar-refractivity contribution in [2.45, 2.75) is 46.2 Å². The van der Waals surface area contributed by atoms with Gasteiger partial charge in [-0.15, -0.1) is 0 Å². The van der Waals surface area contributed by atoms with Gasteiger partial charge in [0.05, 0.1) is 19.7 Å². The molecule has 28 heavy (non-hydrogen) atoms. The van der Waals surface area contributed by atoms with Gasteiger partial charge in [0.15, 0.2) is 5.96 Å². The Morgan fingerprint density at radius 3 is 2.64 bits per heavy atom. The van der Waals surface area contributed by atoms with Crippen LogP contribution in [-0.2, 0) is 16.1 Å². The molecule has 1 aromatic rings. The number of hydrogen-bond donors (Lipinski definition) is 2. The number of amides is 1. The number of rotatable bonds is 10. The minimum atomic E-state index is -0.253. The molecule has 0 spiro atoms. The molecule has 0 unspecified atom stereocenters. The molecule has 0 bridgehead atoms. The first kappa shape index (κ1) is 23.8. The quantitative estimate of drug-likeness (QED) is 0.363. The number of likely N-dealkylation sites (N-methyl/N-ethyl adjacent to an activating group) is 1. The van der Waals surface area contributed by atoms with Gasteiger partial charge in [-0.3, -0.25) is 4.79 Å². The molecule has 0 aliphatic rings. The summed E-state index contributed by atoms with van der Waals surface area (Å²) in [6, 6.07) is 7.91. The minimum absolute atomic E-state index is 0.0351. The fourth-order valence-electron chi connectivity index (χ4n) is 2.51. The van der Waals surface area contributed by atoms with Crippen LogP contribution in [0.4, 0.5) is 0 Å². The topological polar surface area (TPSA) is 75.2 Å². The Bertz CT molecular complexity index is 626. The van der Waals surface area contributed by atoms with E-state index in [1.54, 1.807) is 7.11 Å². The number of hydrogen-bond acceptors (Lipinski definition) is 4. The van der Waals surface area contributed by atoms with Gasteiger partial charge in [0.25, 0.3) is 0 Å². The largest absolute Gasteiger partial charge is 0.493 e. The maximum Gasteiger partial charge on any atom is 0.240 e. The van der Waals surface area contributed by atoms with Gasteiger partial charge in [-0.05, 0) is 45.4 Å². The number of nitrogens with one attached hydrogen (secondary N) is 2. The highest BCUT2D eigenvalue weighted by molar-refractivity contribution is 5.86. The molecular weight excluding hydrogens is 356 g/mol. The molecular formula is C21H36N4O3. The van der Waals surface area contributed by atoms with Crippen molar-refractivity contribution in [2.75, 3.05) is 40.5 Å². The summed E-state index contributed by atoms with van der Waals surface area (Å²) >= 11 is 0. The fourth-order valence-corrected chi connectivity index (χ4v) is 2.51. The lowest BCUT2D eigenvalue weighted by Gasteiger charge is -2.25. The molecule has 0 aliphatic carbocycles. The molecule has 0 aliphatic heterocycles. The van der Waals surface area contributed by atoms with Gasteiger partial charge in [0.2, 0.25) is 5.91 Å². The Morgan fingerprint density at radius 2 is 2.00 bits per heavy atom. The van der Waals surface area contributed by atoms with Gasteiger partial charge in [0, 0.05) is 39.3 Å². The van der Waals surface area contributed by atoms with E-state index in [1.165, 1.54) is 0 Å². The van der Waals surface area contributed by atoms with Crippen LogP contribution in [0.3, 0.4) is 0 Å². The first-order valence-electron chi connectivity index (χ1n) is 9.76. The molecule has 7 nitrogen and oxygen atoms in total. The highest BCUT2D eigenvalue weighted by Gasteiger charge is 2.16. The molecule has 1 aromatic carbocycles. The summed E-state index contributed by atoms with van der Waals surface area (Å²) in [7, 11) is 3.55. The average Bonchev–Trinajstić information content (AvgIpc) is 2.61. The van der Waals surface area contributed by atoms with Crippen molar-refractivity contribution in [3.05, 3.63) is 29.8 Å². The van der Waals surface area contributed by atoms with Gasteiger partial charge in [-0.25, -0.2) is 4.99 Å². The second-order valence-electron chi connectivity index (χ2n) is 7.67. The monoisotopic (exact) mass is 392 g/mol. The molecule has 0 saturated carbocycles. The maximum absolute atomic E-state index is 12.2. The highest BCUT2D eigenvalue weighted by atomic mass is 16.5. The predicted molar refractivity (Wildman–Crippen MR) is 114 cm³/mol. The number of methoxy groups -OCH3 is 1. The Labute approximate surface area is 169 Å². The zero-order valence-electron chi connectivity index (χ0n) is 18.2. The smallest absolute Gasteiger partial charge is 0.240 e. The van der Waals surface area contributed by atoms with Crippen LogP contribution in [0.5, 0.6) is 5.75 Å². The average molecular weight is 393 g/mol. The van der Waals surface area contributed by atoms with E-state index in [4.69, 9.17) is 9.47 Å². The summed E-state index contributed by atoms with van der Waals surface area (Å²) in [6.45, 7) is 10.7. The van der Waals surface area contributed by atoms with E-state index in [-0.39, 0.29) is 18.0 Å². The molecule has 1 amide bonds. The summed E-state index contributed by atoms with van der Waals surface area (Å²) in [5.41, 5.74) is 0.795. The van der Waals surface area contributed by atoms with E-state index in [0.717, 1.165) is 24.3 Å². The first-order chi connectivity index (χ1) is 13.2. The lowest BCUT2D eigenvalue weighted by molar-refractivity contribution is -0.122. The number of guanidine groups is 1. The number of carbonyl (C=O) groups is 1. The highest BCUT2D eigenvalue weighted by Crippen LogP contribution is 2.14. The molecule has 2 N–H and O–H groups in total. The normalized spacial score (nSPS) is 11.9. The summed E-state index contributed by atoms with van der Waals surface area (Å²) in [6.07, 6.45) is 0.852. The summed E-state index contributed by atoms with van der Waals surface area (Å²) in [4.78, 5) is 18.7. The molecule has 0 heterocycles. The third-order valence-corrected chi connectivity index (χ3v) is 3.66. The number of benzene rings is 1. The number of carbonyl (C=O) groups excluding carboxylic acids is 1. The SMILES string of the molecule is CCNC(=NCc1cccc(OCCCOC)c1)N(C)CC(=O)NC(C)(C)C. The Balaban J connectivity index is 2.69. The Kier molecular flexibility index (Phi) is 10.4. The van der Waals surface area contributed by atoms with Crippen molar-refractivity contribution in [1.82, 2.24) is 15.5 Å². The van der Waals surface area contributed by atoms with Crippen LogP contribution in [0.1, 0.15) is 39.7 Å². The van der Waals surface area contributed by atoms with Crippen LogP contribution in [0.15, 0.2) is 29.3 Å². The van der Waals surface area contributed by atoms with Crippen molar-refractivity contribution in [1.29, 1.82) is 0 Å². The van der Waals surface area contributed by atoms with Crippen molar-refractivity contribution >= 4 is 11.9 Å². The molecule has 0 fully saturated rings. The van der Waals surface area contributed by atoms with Gasteiger partial charge >= 0.3 is 0 Å². The summed E-state index contributed by atoms with van der Waals surface area (Å²) in [5, 5.41) is 6.20. The van der Waals surface area contributed by atoms with Crippen molar-refractivity contribution in [3.63, 3.8) is 0 Å². The number of nitrogens with zero attached hydrogens (tertiary/aromatic N) is 2. The predicted octanol–water partition coefficient (Wildman–Crippen LogP) is 2.41. The fraction of sp³-hybridized carbons (Fsp3) is 0.619. The van der Waals surface area contributed by atoms with Crippen LogP contribution in [-0.4, -0.2) is 62.8 Å². The Hall–Kier alpha value is -2.28. The number of ether oxygens (including phenoxy) is 2. The standard InChI is InChI=1S/C21H36N4O3/c1-7-22-20(25(5)16-19(26)24-21(2,3)4)23-15-17-10-8-11-18(14-17)28-13-9-12-27-6/h8,10-11,14H,7,9,12-13,15-16H2,1-6H3,(H,22,23)(H,24,26). The van der Waals surface area contributed by atoms with Crippen molar-refractivity contribution in [2.24, 2.45) is 4.99 Å². The van der Waals surface area contributed by atoms with Gasteiger partial charge in [0.1, 0.15) is 5.75 Å². The lowest BCUT2D eigenvalue weighted by atomic mass is 10.1. The molecule has 0 aromatic heterocycles. The lowest BCUT2D eigenvalue weighted by Crippen LogP contribution is -2.48. The number of aliphatic imine (C=N–C) groups is 1. The molecule has 0 radical (unpaired) electrons. The van der Waals surface area contributed by atoms with E-state index < -0.39 is 0 Å². The summed E-state index contributed by atoms with van der Waals surface area (Å²) in [5.74, 6) is 1.48. The van der Waals surface area contributed by atoms with E-state index in [2.05, 4.69) is 15.6 Å². The molecule has 158 valence electrons. The van der Waals surface area contributed by atoms with E-state index in [9.17, 15) is 4.79 Å². The van der Waals surface area contributed by atoms with E-state index in [0.29, 0.717) is 25.7 Å². The second-order valence-corrected chi connectivity index (χ2v) is 7.67. The molecule has 1 rings (SSSR count). The van der Waals surface area contributed by atoms with Crippen LogP contribution >= 0.6 is 0 Å². The Morgan fingerprint density at radius 1 is 1.25 bits per heavy atom. The van der Waals surface area contributed by atoms with Crippen LogP contribution in [0.2, 0.25) is 0 Å². The molecule has 7 heteroatoms. The van der Waals surface area contributed by atoms with E-state index in [1.807, 2.05) is 63.9 Å². The third-order valence-electron chi connectivity index (χ3n) is 3.66. The van der Waals surface area contributed by atoms with E-state index >= 15 is 0 Å². The minimum Gasteiger partial charge on any atom is -0.493 e. The molecule has 0 atom stereocenters.